The van der Waals surface area contributed by atoms with Crippen LogP contribution >= 0.6 is 0 Å². The smallest absolute Gasteiger partial charge is 0.00742 e. The molecule has 0 saturated heterocycles. The average Bonchev–Trinajstić information content (AvgIpc) is 1.85. The van der Waals surface area contributed by atoms with Crippen LogP contribution in [0.3, 0.4) is 0 Å². The van der Waals surface area contributed by atoms with Crippen molar-refractivity contribution >= 4 is 0 Å². The molecule has 54 valence electrons. The molecule has 0 aromatic carbocycles. The van der Waals surface area contributed by atoms with Gasteiger partial charge < -0.3 is 5.73 Å². The minimum absolute atomic E-state index is 0.814. The van der Waals surface area contributed by atoms with E-state index in [4.69, 9.17) is 5.73 Å². The second kappa shape index (κ2) is 5.83. The van der Waals surface area contributed by atoms with Crippen LogP contribution in [0.2, 0.25) is 0 Å². The standard InChI is InChI=1S/C8H17N/c1-3-5-8(2)6-4-7-9/h5H,3-4,6-7,9H2,1-2H3/b8-5-. The van der Waals surface area contributed by atoms with Gasteiger partial charge in [0.05, 0.1) is 0 Å². The molecule has 1 nitrogen and oxygen atoms in total. The first-order chi connectivity index (χ1) is 4.31. The quantitative estimate of drug-likeness (QED) is 0.575. The van der Waals surface area contributed by atoms with Crippen molar-refractivity contribution in [2.24, 2.45) is 5.73 Å². The molecule has 0 aromatic heterocycles. The molecular weight excluding hydrogens is 110 g/mol. The largest absolute Gasteiger partial charge is 0.330 e. The molecule has 0 bridgehead atoms. The molecule has 2 N–H and O–H groups in total. The summed E-state index contributed by atoms with van der Waals surface area (Å²) in [7, 11) is 0. The SMILES string of the molecule is CC/C=C(/C)CCCN. The van der Waals surface area contributed by atoms with Gasteiger partial charge >= 0.3 is 0 Å². The fourth-order valence-electron chi connectivity index (χ4n) is 0.831. The first kappa shape index (κ1) is 8.70. The highest BCUT2D eigenvalue weighted by molar-refractivity contribution is 4.96. The lowest BCUT2D eigenvalue weighted by atomic mass is 10.1. The highest BCUT2D eigenvalue weighted by Gasteiger charge is 1.85. The second-order valence-electron chi connectivity index (χ2n) is 2.35. The highest BCUT2D eigenvalue weighted by atomic mass is 14.5. The summed E-state index contributed by atoms with van der Waals surface area (Å²) in [6.07, 6.45) is 5.71. The van der Waals surface area contributed by atoms with Gasteiger partial charge in [-0.05, 0) is 32.7 Å². The van der Waals surface area contributed by atoms with E-state index in [2.05, 4.69) is 19.9 Å². The summed E-state index contributed by atoms with van der Waals surface area (Å²) in [5.41, 5.74) is 6.82. The molecule has 0 aliphatic carbocycles. The summed E-state index contributed by atoms with van der Waals surface area (Å²) in [5, 5.41) is 0. The maximum absolute atomic E-state index is 5.35. The van der Waals surface area contributed by atoms with E-state index in [0.29, 0.717) is 0 Å². The van der Waals surface area contributed by atoms with Crippen molar-refractivity contribution in [1.29, 1.82) is 0 Å². The van der Waals surface area contributed by atoms with Crippen LogP contribution in [0.1, 0.15) is 33.1 Å². The molecule has 0 aliphatic rings. The van der Waals surface area contributed by atoms with Gasteiger partial charge in [0.1, 0.15) is 0 Å². The predicted octanol–water partition coefficient (Wildman–Crippen LogP) is 2.08. The summed E-state index contributed by atoms with van der Waals surface area (Å²) in [5.74, 6) is 0. The van der Waals surface area contributed by atoms with Gasteiger partial charge in [-0.1, -0.05) is 18.6 Å². The van der Waals surface area contributed by atoms with E-state index in [-0.39, 0.29) is 0 Å². The van der Waals surface area contributed by atoms with E-state index in [0.717, 1.165) is 19.4 Å². The van der Waals surface area contributed by atoms with Crippen LogP contribution in [-0.4, -0.2) is 6.54 Å². The molecule has 0 unspecified atom stereocenters. The lowest BCUT2D eigenvalue weighted by Gasteiger charge is -1.96. The summed E-state index contributed by atoms with van der Waals surface area (Å²) < 4.78 is 0. The third kappa shape index (κ3) is 5.57. The lowest BCUT2D eigenvalue weighted by molar-refractivity contribution is 0.819. The van der Waals surface area contributed by atoms with Crippen LogP contribution in [0.5, 0.6) is 0 Å². The van der Waals surface area contributed by atoms with Gasteiger partial charge in [0.15, 0.2) is 0 Å². The first-order valence-electron chi connectivity index (χ1n) is 3.67. The molecule has 0 rings (SSSR count). The number of hydrogen-bond acceptors (Lipinski definition) is 1. The second-order valence-corrected chi connectivity index (χ2v) is 2.35. The summed E-state index contributed by atoms with van der Waals surface area (Å²) in [4.78, 5) is 0. The monoisotopic (exact) mass is 127 g/mol. The van der Waals surface area contributed by atoms with Gasteiger partial charge in [-0.15, -0.1) is 0 Å². The Hall–Kier alpha value is -0.300. The first-order valence-corrected chi connectivity index (χ1v) is 3.67. The van der Waals surface area contributed by atoms with E-state index in [9.17, 15) is 0 Å². The number of allylic oxidation sites excluding steroid dienone is 2. The topological polar surface area (TPSA) is 26.0 Å². The van der Waals surface area contributed by atoms with Crippen molar-refractivity contribution in [3.63, 3.8) is 0 Å². The fourth-order valence-corrected chi connectivity index (χ4v) is 0.831. The zero-order chi connectivity index (χ0) is 7.11. The Balaban J connectivity index is 3.25. The van der Waals surface area contributed by atoms with Crippen molar-refractivity contribution < 1.29 is 0 Å². The zero-order valence-corrected chi connectivity index (χ0v) is 6.48. The van der Waals surface area contributed by atoms with E-state index >= 15 is 0 Å². The van der Waals surface area contributed by atoms with Crippen molar-refractivity contribution in [3.05, 3.63) is 11.6 Å². The maximum atomic E-state index is 5.35. The van der Waals surface area contributed by atoms with Crippen LogP contribution in [0.4, 0.5) is 0 Å². The molecule has 0 radical (unpaired) electrons. The molecule has 0 spiro atoms. The predicted molar refractivity (Wildman–Crippen MR) is 42.3 cm³/mol. The minimum atomic E-state index is 0.814. The van der Waals surface area contributed by atoms with Gasteiger partial charge in [-0.3, -0.25) is 0 Å². The van der Waals surface area contributed by atoms with E-state index in [1.54, 1.807) is 0 Å². The summed E-state index contributed by atoms with van der Waals surface area (Å²) in [6.45, 7) is 5.14. The molecule has 0 fully saturated rings. The Kier molecular flexibility index (Phi) is 5.64. The zero-order valence-electron chi connectivity index (χ0n) is 6.48. The fraction of sp³-hybridized carbons (Fsp3) is 0.750. The molecule has 0 atom stereocenters. The molecule has 9 heavy (non-hydrogen) atoms. The van der Waals surface area contributed by atoms with Gasteiger partial charge in [0.25, 0.3) is 0 Å². The molecule has 0 saturated carbocycles. The van der Waals surface area contributed by atoms with Crippen molar-refractivity contribution in [2.45, 2.75) is 33.1 Å². The molecule has 0 aromatic rings. The van der Waals surface area contributed by atoms with Crippen molar-refractivity contribution in [1.82, 2.24) is 0 Å². The van der Waals surface area contributed by atoms with Crippen molar-refractivity contribution in [2.75, 3.05) is 6.54 Å². The third-order valence-corrected chi connectivity index (χ3v) is 1.33. The molecule has 1 heteroatoms. The van der Waals surface area contributed by atoms with Crippen LogP contribution in [0, 0.1) is 0 Å². The van der Waals surface area contributed by atoms with Crippen LogP contribution in [0.25, 0.3) is 0 Å². The van der Waals surface area contributed by atoms with E-state index < -0.39 is 0 Å². The van der Waals surface area contributed by atoms with Crippen LogP contribution in [0.15, 0.2) is 11.6 Å². The Morgan fingerprint density at radius 3 is 2.67 bits per heavy atom. The molecular formula is C8H17N. The molecule has 0 heterocycles. The van der Waals surface area contributed by atoms with Gasteiger partial charge in [0, 0.05) is 0 Å². The third-order valence-electron chi connectivity index (χ3n) is 1.33. The Morgan fingerprint density at radius 1 is 1.56 bits per heavy atom. The molecule has 0 amide bonds. The summed E-state index contributed by atoms with van der Waals surface area (Å²) >= 11 is 0. The normalized spacial score (nSPS) is 12.1. The number of hydrogen-bond donors (Lipinski definition) is 1. The maximum Gasteiger partial charge on any atom is -0.00742 e. The van der Waals surface area contributed by atoms with Crippen LogP contribution < -0.4 is 5.73 Å². The van der Waals surface area contributed by atoms with Gasteiger partial charge in [-0.25, -0.2) is 0 Å². The average molecular weight is 127 g/mol. The highest BCUT2D eigenvalue weighted by Crippen LogP contribution is 2.02. The van der Waals surface area contributed by atoms with Crippen LogP contribution in [-0.2, 0) is 0 Å². The van der Waals surface area contributed by atoms with E-state index in [1.165, 1.54) is 12.0 Å². The number of nitrogens with two attached hydrogens (primary N) is 1. The van der Waals surface area contributed by atoms with Crippen molar-refractivity contribution in [3.8, 4) is 0 Å². The minimum Gasteiger partial charge on any atom is -0.330 e. The Bertz CT molecular complexity index is 84.6. The number of rotatable bonds is 4. The molecule has 0 aliphatic heterocycles. The Morgan fingerprint density at radius 2 is 2.22 bits per heavy atom. The van der Waals surface area contributed by atoms with E-state index in [1.807, 2.05) is 0 Å². The summed E-state index contributed by atoms with van der Waals surface area (Å²) in [6, 6.07) is 0. The van der Waals surface area contributed by atoms with Gasteiger partial charge in [-0.2, -0.15) is 0 Å². The van der Waals surface area contributed by atoms with Gasteiger partial charge in [0.2, 0.25) is 0 Å². The Labute approximate surface area is 57.9 Å². The lowest BCUT2D eigenvalue weighted by Crippen LogP contribution is -1.97.